The number of hydrogen-bond acceptors (Lipinski definition) is 7. The predicted octanol–water partition coefficient (Wildman–Crippen LogP) is 3.82. The largest absolute Gasteiger partial charge is 0.395 e. The summed E-state index contributed by atoms with van der Waals surface area (Å²) in [5, 5.41) is 22.3. The van der Waals surface area contributed by atoms with E-state index in [1.54, 1.807) is 0 Å². The zero-order valence-corrected chi connectivity index (χ0v) is 24.2. The van der Waals surface area contributed by atoms with Crippen LogP contribution in [0.4, 0.5) is 0 Å². The van der Waals surface area contributed by atoms with Gasteiger partial charge >= 0.3 is 0 Å². The number of hydrogen-bond donors (Lipinski definition) is 4. The highest BCUT2D eigenvalue weighted by Crippen LogP contribution is 2.34. The third-order valence-electron chi connectivity index (χ3n) is 7.04. The molecule has 2 fully saturated rings. The average molecular weight is 511 g/mol. The number of thioether (sulfide) groups is 1. The summed E-state index contributed by atoms with van der Waals surface area (Å²) in [5.41, 5.74) is 0. The summed E-state index contributed by atoms with van der Waals surface area (Å²) in [5.74, 6) is 1.54. The molecule has 2 unspecified atom stereocenters. The van der Waals surface area contributed by atoms with E-state index in [0.717, 1.165) is 50.4 Å². The van der Waals surface area contributed by atoms with Gasteiger partial charge in [0.05, 0.1) is 30.0 Å². The normalized spacial score (nSPS) is 26.3. The number of nitrogens with zero attached hydrogens (tertiary/aromatic N) is 3. The number of rotatable bonds is 10. The molecule has 0 bridgehead atoms. The van der Waals surface area contributed by atoms with Gasteiger partial charge in [0.15, 0.2) is 0 Å². The topological polar surface area (TPSA) is 75.2 Å². The lowest BCUT2D eigenvalue weighted by molar-refractivity contribution is 0.0731. The second-order valence-electron chi connectivity index (χ2n) is 10.2. The van der Waals surface area contributed by atoms with Crippen molar-refractivity contribution in [1.82, 2.24) is 25.8 Å². The van der Waals surface area contributed by atoms with Crippen molar-refractivity contribution in [2.75, 3.05) is 45.9 Å². The Morgan fingerprint density at radius 2 is 1.80 bits per heavy atom. The third kappa shape index (κ3) is 11.0. The maximum atomic E-state index is 9.15. The second-order valence-corrected chi connectivity index (χ2v) is 11.5. The molecular formula is C27H54N6OS. The molecule has 3 aliphatic rings. The van der Waals surface area contributed by atoms with Crippen molar-refractivity contribution in [1.29, 1.82) is 0 Å². The molecule has 35 heavy (non-hydrogen) atoms. The van der Waals surface area contributed by atoms with Crippen LogP contribution in [-0.4, -0.2) is 90.2 Å². The maximum Gasteiger partial charge on any atom is 0.100 e. The lowest BCUT2D eigenvalue weighted by Gasteiger charge is -2.39. The molecule has 7 nitrogen and oxygen atoms in total. The van der Waals surface area contributed by atoms with Crippen molar-refractivity contribution in [3.05, 3.63) is 11.1 Å². The van der Waals surface area contributed by atoms with Gasteiger partial charge in [0.25, 0.3) is 0 Å². The van der Waals surface area contributed by atoms with Gasteiger partial charge in [0.1, 0.15) is 5.84 Å². The van der Waals surface area contributed by atoms with E-state index in [9.17, 15) is 0 Å². The molecule has 1 saturated heterocycles. The molecule has 204 valence electrons. The number of nitrogens with one attached hydrogen (secondary N) is 3. The Kier molecular flexibility index (Phi) is 14.6. The van der Waals surface area contributed by atoms with Gasteiger partial charge in [0, 0.05) is 50.4 Å². The lowest BCUT2D eigenvalue weighted by atomic mass is 9.95. The van der Waals surface area contributed by atoms with Crippen LogP contribution in [0.3, 0.4) is 0 Å². The molecule has 1 saturated carbocycles. The van der Waals surface area contributed by atoms with E-state index in [0.29, 0.717) is 18.1 Å². The number of aliphatic hydroxyl groups excluding tert-OH is 1. The summed E-state index contributed by atoms with van der Waals surface area (Å²) in [6.45, 7) is 19.3. The van der Waals surface area contributed by atoms with Crippen LogP contribution >= 0.6 is 11.8 Å². The van der Waals surface area contributed by atoms with Gasteiger partial charge in [-0.1, -0.05) is 33.8 Å². The zero-order valence-electron chi connectivity index (χ0n) is 23.4. The monoisotopic (exact) mass is 510 g/mol. The molecule has 8 heteroatoms. The Hall–Kier alpha value is -0.800. The SMILES string of the molecule is CC.CC(NC(=NC1CCC(SC2=CCCCN2)CC1)C(C)C)NC(C)N1CCN(CCO)CC1. The number of allylic oxidation sites excluding steroid dienone is 1. The van der Waals surface area contributed by atoms with Crippen molar-refractivity contribution in [3.8, 4) is 0 Å². The first-order valence-corrected chi connectivity index (χ1v) is 15.1. The van der Waals surface area contributed by atoms with Crippen molar-refractivity contribution in [2.24, 2.45) is 10.9 Å². The number of piperazine rings is 1. The zero-order chi connectivity index (χ0) is 25.6. The minimum atomic E-state index is 0.174. The first-order chi connectivity index (χ1) is 16.9. The van der Waals surface area contributed by atoms with Crippen LogP contribution in [0.15, 0.2) is 16.1 Å². The van der Waals surface area contributed by atoms with Crippen LogP contribution in [0.1, 0.15) is 80.1 Å². The number of amidine groups is 1. The Morgan fingerprint density at radius 3 is 2.37 bits per heavy atom. The fourth-order valence-corrected chi connectivity index (χ4v) is 6.24. The van der Waals surface area contributed by atoms with E-state index < -0.39 is 0 Å². The van der Waals surface area contributed by atoms with Crippen molar-refractivity contribution in [3.63, 3.8) is 0 Å². The summed E-state index contributed by atoms with van der Waals surface area (Å²) in [4.78, 5) is 10.0. The number of β-amino-alcohol motifs (C(OH)–C–C–N with tert-alkyl or cyclic N) is 1. The smallest absolute Gasteiger partial charge is 0.100 e. The van der Waals surface area contributed by atoms with Crippen LogP contribution in [-0.2, 0) is 0 Å². The van der Waals surface area contributed by atoms with E-state index in [4.69, 9.17) is 10.1 Å². The summed E-state index contributed by atoms with van der Waals surface area (Å²) in [6.07, 6.45) is 10.3. The molecule has 2 atom stereocenters. The molecular weight excluding hydrogens is 456 g/mol. The standard InChI is InChI=1S/C25H48N6OS.C2H6/c1-19(2)25(28-20(3)27-21(4)31-15-13-30(14-16-31)17-18-32)29-22-8-10-23(11-9-22)33-24-7-5-6-12-26-24;1-2/h7,19-23,26-27,32H,5-6,8-18H2,1-4H3,(H,28,29);1-2H3. The summed E-state index contributed by atoms with van der Waals surface area (Å²) in [6, 6.07) is 0.448. The van der Waals surface area contributed by atoms with Gasteiger partial charge in [-0.3, -0.25) is 20.1 Å². The maximum absolute atomic E-state index is 9.15. The minimum Gasteiger partial charge on any atom is -0.395 e. The summed E-state index contributed by atoms with van der Waals surface area (Å²) < 4.78 is 0. The van der Waals surface area contributed by atoms with Gasteiger partial charge in [-0.05, 0) is 52.4 Å². The van der Waals surface area contributed by atoms with Crippen LogP contribution in [0.25, 0.3) is 0 Å². The average Bonchev–Trinajstić information content (AvgIpc) is 2.87. The van der Waals surface area contributed by atoms with Crippen molar-refractivity contribution < 1.29 is 5.11 Å². The van der Waals surface area contributed by atoms with Crippen LogP contribution in [0, 0.1) is 5.92 Å². The number of aliphatic hydroxyl groups is 1. The lowest BCUT2D eigenvalue weighted by Crippen LogP contribution is -2.58. The fraction of sp³-hybridized carbons (Fsp3) is 0.889. The van der Waals surface area contributed by atoms with E-state index in [2.05, 4.69) is 71.3 Å². The first kappa shape index (κ1) is 30.4. The van der Waals surface area contributed by atoms with Gasteiger partial charge in [-0.15, -0.1) is 11.8 Å². The van der Waals surface area contributed by atoms with Gasteiger partial charge in [-0.25, -0.2) is 0 Å². The molecule has 0 radical (unpaired) electrons. The molecule has 0 amide bonds. The first-order valence-electron chi connectivity index (χ1n) is 14.2. The summed E-state index contributed by atoms with van der Waals surface area (Å²) in [7, 11) is 0. The molecule has 0 spiro atoms. The molecule has 0 aromatic carbocycles. The van der Waals surface area contributed by atoms with E-state index in [1.165, 1.54) is 43.6 Å². The quantitative estimate of drug-likeness (QED) is 0.202. The van der Waals surface area contributed by atoms with Gasteiger partial charge in [0.2, 0.25) is 0 Å². The fourth-order valence-electron chi connectivity index (χ4n) is 4.98. The van der Waals surface area contributed by atoms with Crippen molar-refractivity contribution >= 4 is 17.6 Å². The van der Waals surface area contributed by atoms with Gasteiger partial charge < -0.3 is 15.7 Å². The Labute approximate surface area is 220 Å². The molecule has 3 rings (SSSR count). The number of aliphatic imine (C=N–C) groups is 1. The van der Waals surface area contributed by atoms with E-state index >= 15 is 0 Å². The Balaban J connectivity index is 0.00000210. The Morgan fingerprint density at radius 1 is 1.11 bits per heavy atom. The second kappa shape index (κ2) is 16.8. The highest BCUT2D eigenvalue weighted by atomic mass is 32.2. The molecule has 1 aliphatic carbocycles. The van der Waals surface area contributed by atoms with Crippen LogP contribution < -0.4 is 16.0 Å². The molecule has 2 heterocycles. The summed E-state index contributed by atoms with van der Waals surface area (Å²) >= 11 is 2.06. The van der Waals surface area contributed by atoms with Crippen LogP contribution in [0.2, 0.25) is 0 Å². The van der Waals surface area contributed by atoms with Crippen LogP contribution in [0.5, 0.6) is 0 Å². The highest BCUT2D eigenvalue weighted by molar-refractivity contribution is 8.03. The molecule has 0 aromatic rings. The highest BCUT2D eigenvalue weighted by Gasteiger charge is 2.25. The third-order valence-corrected chi connectivity index (χ3v) is 8.41. The molecule has 2 aliphatic heterocycles. The van der Waals surface area contributed by atoms with E-state index in [1.807, 2.05) is 13.8 Å². The predicted molar refractivity (Wildman–Crippen MR) is 153 cm³/mol. The van der Waals surface area contributed by atoms with Crippen molar-refractivity contribution in [2.45, 2.75) is 104 Å². The van der Waals surface area contributed by atoms with Gasteiger partial charge in [-0.2, -0.15) is 0 Å². The Bertz CT molecular complexity index is 627. The minimum absolute atomic E-state index is 0.174. The molecule has 4 N–H and O–H groups in total. The molecule has 0 aromatic heterocycles. The van der Waals surface area contributed by atoms with E-state index in [-0.39, 0.29) is 12.8 Å².